The zero-order valence-corrected chi connectivity index (χ0v) is 15.9. The van der Waals surface area contributed by atoms with Crippen LogP contribution in [0.15, 0.2) is 53.5 Å². The highest BCUT2D eigenvalue weighted by atomic mass is 19.4. The van der Waals surface area contributed by atoms with E-state index in [1.54, 1.807) is 0 Å². The van der Waals surface area contributed by atoms with Crippen molar-refractivity contribution in [1.29, 1.82) is 0 Å². The number of hydrogen-bond acceptors (Lipinski definition) is 3. The van der Waals surface area contributed by atoms with E-state index >= 15 is 0 Å². The number of ether oxygens (including phenoxy) is 1. The van der Waals surface area contributed by atoms with Gasteiger partial charge in [0.2, 0.25) is 5.56 Å². The van der Waals surface area contributed by atoms with Crippen LogP contribution in [0.4, 0.5) is 23.2 Å². The standard InChI is InChI=1S/C22H14F4N2O3/c1-3-13-9-16(21(30)28-15-6-7-27-20(29)10-15)19(11-17(13)22(24,25)26)31-18-5-4-14(23)8-12(18)2/h1,4-11H,2H3,(H2,27,28,29,30). The van der Waals surface area contributed by atoms with E-state index in [2.05, 4.69) is 10.3 Å². The molecule has 158 valence electrons. The molecule has 5 nitrogen and oxygen atoms in total. The van der Waals surface area contributed by atoms with Crippen molar-refractivity contribution < 1.29 is 27.1 Å². The molecule has 2 N–H and O–H groups in total. The van der Waals surface area contributed by atoms with E-state index < -0.39 is 40.3 Å². The maximum Gasteiger partial charge on any atom is 0.417 e. The molecule has 0 spiro atoms. The van der Waals surface area contributed by atoms with E-state index in [9.17, 15) is 27.2 Å². The number of rotatable bonds is 4. The van der Waals surface area contributed by atoms with Crippen molar-refractivity contribution in [3.63, 3.8) is 0 Å². The van der Waals surface area contributed by atoms with Gasteiger partial charge in [0.1, 0.15) is 17.3 Å². The fourth-order valence-electron chi connectivity index (χ4n) is 2.76. The summed E-state index contributed by atoms with van der Waals surface area (Å²) in [5.74, 6) is 0.113. The molecule has 0 radical (unpaired) electrons. The van der Waals surface area contributed by atoms with Gasteiger partial charge in [0, 0.05) is 23.5 Å². The molecule has 0 bridgehead atoms. The molecule has 0 aliphatic heterocycles. The topological polar surface area (TPSA) is 71.2 Å². The average Bonchev–Trinajstić information content (AvgIpc) is 2.69. The number of aromatic amines is 1. The number of aromatic nitrogens is 1. The molecule has 0 unspecified atom stereocenters. The van der Waals surface area contributed by atoms with E-state index in [0.717, 1.165) is 24.3 Å². The zero-order chi connectivity index (χ0) is 22.8. The molecule has 0 saturated heterocycles. The lowest BCUT2D eigenvalue weighted by atomic mass is 10.0. The minimum absolute atomic E-state index is 0.0492. The zero-order valence-electron chi connectivity index (χ0n) is 15.9. The number of aryl methyl sites for hydroxylation is 1. The second kappa shape index (κ2) is 8.36. The van der Waals surface area contributed by atoms with E-state index in [-0.39, 0.29) is 17.0 Å². The SMILES string of the molecule is C#Cc1cc(C(=O)Nc2cc[nH]c(=O)c2)c(Oc2ccc(F)cc2C)cc1C(F)(F)F. The highest BCUT2D eigenvalue weighted by Crippen LogP contribution is 2.38. The highest BCUT2D eigenvalue weighted by Gasteiger charge is 2.35. The summed E-state index contributed by atoms with van der Waals surface area (Å²) < 4.78 is 59.3. The third-order valence-electron chi connectivity index (χ3n) is 4.22. The van der Waals surface area contributed by atoms with Crippen LogP contribution in [0.5, 0.6) is 11.5 Å². The first-order valence-electron chi connectivity index (χ1n) is 8.74. The summed E-state index contributed by atoms with van der Waals surface area (Å²) in [4.78, 5) is 26.6. The van der Waals surface area contributed by atoms with Crippen LogP contribution in [0.1, 0.15) is 27.0 Å². The Morgan fingerprint density at radius 1 is 1.13 bits per heavy atom. The average molecular weight is 430 g/mol. The number of halogens is 4. The fraction of sp³-hybridized carbons (Fsp3) is 0.0909. The first-order chi connectivity index (χ1) is 14.6. The Morgan fingerprint density at radius 3 is 2.48 bits per heavy atom. The number of alkyl halides is 3. The van der Waals surface area contributed by atoms with Crippen molar-refractivity contribution >= 4 is 11.6 Å². The van der Waals surface area contributed by atoms with Crippen molar-refractivity contribution in [2.24, 2.45) is 0 Å². The summed E-state index contributed by atoms with van der Waals surface area (Å²) in [7, 11) is 0. The number of carbonyl (C=O) groups is 1. The van der Waals surface area contributed by atoms with Crippen LogP contribution in [0, 0.1) is 25.1 Å². The predicted octanol–water partition coefficient (Wildman–Crippen LogP) is 4.87. The Labute approximate surface area is 173 Å². The first kappa shape index (κ1) is 21.6. The van der Waals surface area contributed by atoms with Crippen LogP contribution in [0.3, 0.4) is 0 Å². The lowest BCUT2D eigenvalue weighted by Crippen LogP contribution is -2.17. The second-order valence-corrected chi connectivity index (χ2v) is 6.44. The van der Waals surface area contributed by atoms with Crippen LogP contribution in [-0.2, 0) is 6.18 Å². The summed E-state index contributed by atoms with van der Waals surface area (Å²) in [6.07, 6.45) is 1.70. The van der Waals surface area contributed by atoms with Gasteiger partial charge in [0.25, 0.3) is 5.91 Å². The highest BCUT2D eigenvalue weighted by molar-refractivity contribution is 6.06. The van der Waals surface area contributed by atoms with Crippen molar-refractivity contribution in [3.8, 4) is 23.8 Å². The molecule has 1 aromatic heterocycles. The quantitative estimate of drug-likeness (QED) is 0.459. The first-order valence-corrected chi connectivity index (χ1v) is 8.74. The van der Waals surface area contributed by atoms with Crippen molar-refractivity contribution in [2.45, 2.75) is 13.1 Å². The Morgan fingerprint density at radius 2 is 1.87 bits per heavy atom. The minimum Gasteiger partial charge on any atom is -0.456 e. The number of pyridine rings is 1. The molecule has 0 saturated carbocycles. The van der Waals surface area contributed by atoms with Crippen LogP contribution >= 0.6 is 0 Å². The van der Waals surface area contributed by atoms with Gasteiger partial charge in [0.15, 0.2) is 0 Å². The van der Waals surface area contributed by atoms with Gasteiger partial charge in [-0.3, -0.25) is 9.59 Å². The Bertz CT molecular complexity index is 1260. The lowest BCUT2D eigenvalue weighted by Gasteiger charge is -2.17. The van der Waals surface area contributed by atoms with Gasteiger partial charge in [-0.1, -0.05) is 5.92 Å². The minimum atomic E-state index is -4.81. The number of benzene rings is 2. The number of H-pyrrole nitrogens is 1. The van der Waals surface area contributed by atoms with Crippen molar-refractivity contribution in [1.82, 2.24) is 4.98 Å². The summed E-state index contributed by atoms with van der Waals surface area (Å²) in [5, 5.41) is 2.41. The van der Waals surface area contributed by atoms with Gasteiger partial charge in [-0.05, 0) is 48.9 Å². The molecule has 3 rings (SSSR count). The molecule has 1 amide bonds. The van der Waals surface area contributed by atoms with Gasteiger partial charge in [-0.2, -0.15) is 13.2 Å². The summed E-state index contributed by atoms with van der Waals surface area (Å²) in [6.45, 7) is 1.49. The van der Waals surface area contributed by atoms with Gasteiger partial charge < -0.3 is 15.0 Å². The van der Waals surface area contributed by atoms with Gasteiger partial charge >= 0.3 is 6.18 Å². The number of carbonyl (C=O) groups excluding carboxylic acids is 1. The predicted molar refractivity (Wildman–Crippen MR) is 106 cm³/mol. The number of anilines is 1. The van der Waals surface area contributed by atoms with Gasteiger partial charge in [-0.25, -0.2) is 4.39 Å². The molecule has 2 aromatic carbocycles. The Kier molecular flexibility index (Phi) is 5.83. The Balaban J connectivity index is 2.12. The van der Waals surface area contributed by atoms with Crippen LogP contribution in [0.2, 0.25) is 0 Å². The fourth-order valence-corrected chi connectivity index (χ4v) is 2.76. The number of amides is 1. The largest absolute Gasteiger partial charge is 0.456 e. The van der Waals surface area contributed by atoms with Crippen LogP contribution in [0.25, 0.3) is 0 Å². The lowest BCUT2D eigenvalue weighted by molar-refractivity contribution is -0.137. The summed E-state index contributed by atoms with van der Waals surface area (Å²) >= 11 is 0. The third kappa shape index (κ3) is 4.93. The number of terminal acetylenes is 1. The molecule has 0 aliphatic carbocycles. The molecule has 0 atom stereocenters. The molecule has 9 heteroatoms. The van der Waals surface area contributed by atoms with Gasteiger partial charge in [-0.15, -0.1) is 6.42 Å². The molecule has 0 fully saturated rings. The monoisotopic (exact) mass is 430 g/mol. The smallest absolute Gasteiger partial charge is 0.417 e. The van der Waals surface area contributed by atoms with E-state index in [1.807, 2.05) is 5.92 Å². The maximum absolute atomic E-state index is 13.5. The van der Waals surface area contributed by atoms with E-state index in [1.165, 1.54) is 25.3 Å². The number of hydrogen-bond donors (Lipinski definition) is 2. The molecular formula is C22H14F4N2O3. The van der Waals surface area contributed by atoms with E-state index in [0.29, 0.717) is 11.6 Å². The summed E-state index contributed by atoms with van der Waals surface area (Å²) in [5.41, 5.74) is -2.11. The molecule has 31 heavy (non-hydrogen) atoms. The van der Waals surface area contributed by atoms with Crippen LogP contribution in [-0.4, -0.2) is 10.9 Å². The second-order valence-electron chi connectivity index (χ2n) is 6.44. The van der Waals surface area contributed by atoms with Crippen molar-refractivity contribution in [3.05, 3.63) is 87.1 Å². The Hall–Kier alpha value is -4.06. The van der Waals surface area contributed by atoms with Crippen molar-refractivity contribution in [2.75, 3.05) is 5.32 Å². The summed E-state index contributed by atoms with van der Waals surface area (Å²) in [6, 6.07) is 7.39. The van der Waals surface area contributed by atoms with E-state index in [4.69, 9.17) is 11.2 Å². The third-order valence-corrected chi connectivity index (χ3v) is 4.22. The van der Waals surface area contributed by atoms with Crippen LogP contribution < -0.4 is 15.6 Å². The molecule has 3 aromatic rings. The maximum atomic E-state index is 13.5. The molecule has 1 heterocycles. The normalized spacial score (nSPS) is 11.0. The molecule has 0 aliphatic rings. The number of nitrogens with one attached hydrogen (secondary N) is 2. The molecular weight excluding hydrogens is 416 g/mol. The van der Waals surface area contributed by atoms with Gasteiger partial charge in [0.05, 0.1) is 11.1 Å².